The van der Waals surface area contributed by atoms with E-state index in [4.69, 9.17) is 0 Å². The summed E-state index contributed by atoms with van der Waals surface area (Å²) in [5, 5.41) is 7.07. The van der Waals surface area contributed by atoms with Crippen LogP contribution < -0.4 is 5.32 Å². The maximum Gasteiger partial charge on any atom is 0.256 e. The first-order valence-corrected chi connectivity index (χ1v) is 10.3. The zero-order valence-electron chi connectivity index (χ0n) is 15.1. The van der Waals surface area contributed by atoms with Crippen LogP contribution in [0.4, 0.5) is 5.82 Å². The molecule has 3 rings (SSSR count). The number of amides is 1. The van der Waals surface area contributed by atoms with E-state index >= 15 is 0 Å². The van der Waals surface area contributed by atoms with E-state index in [1.54, 1.807) is 29.1 Å². The summed E-state index contributed by atoms with van der Waals surface area (Å²) in [6.45, 7) is 5.14. The summed E-state index contributed by atoms with van der Waals surface area (Å²) in [5.41, 5.74) is 0.308. The lowest BCUT2D eigenvalue weighted by Crippen LogP contribution is -2.28. The van der Waals surface area contributed by atoms with Crippen molar-refractivity contribution < 1.29 is 13.2 Å². The average molecular weight is 376 g/mol. The summed E-state index contributed by atoms with van der Waals surface area (Å²) in [4.78, 5) is 12.8. The molecule has 0 bridgehead atoms. The van der Waals surface area contributed by atoms with Gasteiger partial charge in [-0.25, -0.2) is 13.1 Å². The van der Waals surface area contributed by atoms with Crippen LogP contribution in [0.1, 0.15) is 49.5 Å². The van der Waals surface area contributed by atoms with Gasteiger partial charge in [-0.05, 0) is 44.4 Å². The molecule has 1 aromatic carbocycles. The number of hydrogen-bond acceptors (Lipinski definition) is 4. The Morgan fingerprint density at radius 1 is 1.27 bits per heavy atom. The predicted octanol–water partition coefficient (Wildman–Crippen LogP) is 2.89. The van der Waals surface area contributed by atoms with Crippen molar-refractivity contribution >= 4 is 21.7 Å². The molecule has 1 saturated heterocycles. The second kappa shape index (κ2) is 7.59. The predicted molar refractivity (Wildman–Crippen MR) is 99.6 cm³/mol. The Bertz CT molecular complexity index is 885. The smallest absolute Gasteiger partial charge is 0.256 e. The monoisotopic (exact) mass is 376 g/mol. The van der Waals surface area contributed by atoms with Crippen molar-refractivity contribution in [1.29, 1.82) is 0 Å². The third kappa shape index (κ3) is 3.66. The van der Waals surface area contributed by atoms with Crippen molar-refractivity contribution in [2.24, 2.45) is 0 Å². The number of hydrogen-bond donors (Lipinski definition) is 1. The number of sulfonamides is 1. The Morgan fingerprint density at radius 2 is 2.00 bits per heavy atom. The summed E-state index contributed by atoms with van der Waals surface area (Å²) in [7, 11) is -3.55. The van der Waals surface area contributed by atoms with Gasteiger partial charge in [0.05, 0.1) is 17.1 Å². The van der Waals surface area contributed by atoms with Gasteiger partial charge >= 0.3 is 0 Å². The molecule has 1 N–H and O–H groups in total. The first-order chi connectivity index (χ1) is 12.4. The summed E-state index contributed by atoms with van der Waals surface area (Å²) in [6, 6.07) is 8.07. The molecule has 7 nitrogen and oxygen atoms in total. The fourth-order valence-electron chi connectivity index (χ4n) is 3.00. The highest BCUT2D eigenvalue weighted by Gasteiger charge is 2.27. The van der Waals surface area contributed by atoms with E-state index in [0.29, 0.717) is 24.5 Å². The SMILES string of the molecule is CCC(C)n1nccc1NC(=O)c1cccc(S(=O)(=O)N2CCCC2)c1. The summed E-state index contributed by atoms with van der Waals surface area (Å²) < 4.78 is 28.6. The van der Waals surface area contributed by atoms with Gasteiger partial charge in [0.25, 0.3) is 5.91 Å². The molecule has 0 spiro atoms. The van der Waals surface area contributed by atoms with Crippen LogP contribution >= 0.6 is 0 Å². The fraction of sp³-hybridized carbons (Fsp3) is 0.444. The molecule has 8 heteroatoms. The zero-order valence-corrected chi connectivity index (χ0v) is 15.9. The first-order valence-electron chi connectivity index (χ1n) is 8.88. The lowest BCUT2D eigenvalue weighted by atomic mass is 10.2. The molecule has 2 aromatic rings. The normalized spacial score (nSPS) is 16.5. The average Bonchev–Trinajstić information content (AvgIpc) is 3.33. The molecule has 0 aliphatic carbocycles. The van der Waals surface area contributed by atoms with Gasteiger partial charge in [0, 0.05) is 24.7 Å². The molecule has 0 radical (unpaired) electrons. The molecule has 140 valence electrons. The Morgan fingerprint density at radius 3 is 2.69 bits per heavy atom. The van der Waals surface area contributed by atoms with Crippen molar-refractivity contribution in [2.75, 3.05) is 18.4 Å². The van der Waals surface area contributed by atoms with Crippen LogP contribution in [0, 0.1) is 0 Å². The number of anilines is 1. The van der Waals surface area contributed by atoms with E-state index in [1.165, 1.54) is 16.4 Å². The van der Waals surface area contributed by atoms with Gasteiger partial charge in [-0.2, -0.15) is 9.40 Å². The van der Waals surface area contributed by atoms with Crippen molar-refractivity contribution in [1.82, 2.24) is 14.1 Å². The molecular formula is C18H24N4O3S. The van der Waals surface area contributed by atoms with Crippen LogP contribution in [-0.2, 0) is 10.0 Å². The van der Waals surface area contributed by atoms with Crippen molar-refractivity contribution in [3.8, 4) is 0 Å². The molecule has 1 aliphatic heterocycles. The van der Waals surface area contributed by atoms with E-state index in [2.05, 4.69) is 10.4 Å². The maximum atomic E-state index is 12.7. The minimum atomic E-state index is -3.55. The van der Waals surface area contributed by atoms with Gasteiger partial charge in [0.15, 0.2) is 0 Å². The number of nitrogens with one attached hydrogen (secondary N) is 1. The van der Waals surface area contributed by atoms with Crippen LogP contribution in [0.25, 0.3) is 0 Å². The third-order valence-electron chi connectivity index (χ3n) is 4.72. The number of rotatable bonds is 6. The Kier molecular flexibility index (Phi) is 5.43. The number of carbonyl (C=O) groups excluding carboxylic acids is 1. The number of aromatic nitrogens is 2. The van der Waals surface area contributed by atoms with Crippen molar-refractivity contribution in [2.45, 2.75) is 44.0 Å². The minimum absolute atomic E-state index is 0.155. The van der Waals surface area contributed by atoms with Crippen LogP contribution in [0.5, 0.6) is 0 Å². The first kappa shape index (κ1) is 18.6. The number of carbonyl (C=O) groups is 1. The van der Waals surface area contributed by atoms with Gasteiger partial charge in [-0.3, -0.25) is 4.79 Å². The minimum Gasteiger partial charge on any atom is -0.307 e. The molecule has 0 saturated carbocycles. The second-order valence-corrected chi connectivity index (χ2v) is 8.45. The van der Waals surface area contributed by atoms with Gasteiger partial charge in [0.2, 0.25) is 10.0 Å². The lowest BCUT2D eigenvalue weighted by molar-refractivity contribution is 0.102. The van der Waals surface area contributed by atoms with E-state index in [1.807, 2.05) is 13.8 Å². The summed E-state index contributed by atoms with van der Waals surface area (Å²) >= 11 is 0. The van der Waals surface area contributed by atoms with Gasteiger partial charge in [0.1, 0.15) is 5.82 Å². The van der Waals surface area contributed by atoms with Crippen LogP contribution in [-0.4, -0.2) is 41.5 Å². The van der Waals surface area contributed by atoms with Crippen LogP contribution in [0.3, 0.4) is 0 Å². The Hall–Kier alpha value is -2.19. The zero-order chi connectivity index (χ0) is 18.7. The largest absolute Gasteiger partial charge is 0.307 e. The second-order valence-electron chi connectivity index (χ2n) is 6.51. The van der Waals surface area contributed by atoms with Gasteiger partial charge in [-0.15, -0.1) is 0 Å². The standard InChI is InChI=1S/C18H24N4O3S/c1-3-14(2)22-17(9-10-19-22)20-18(23)15-7-6-8-16(13-15)26(24,25)21-11-4-5-12-21/h6-10,13-14H,3-5,11-12H2,1-2H3,(H,20,23). The molecule has 1 aromatic heterocycles. The van der Waals surface area contributed by atoms with Gasteiger partial charge in [-0.1, -0.05) is 13.0 Å². The fourth-order valence-corrected chi connectivity index (χ4v) is 4.56. The molecule has 2 heterocycles. The molecule has 1 aliphatic rings. The van der Waals surface area contributed by atoms with E-state index in [0.717, 1.165) is 19.3 Å². The van der Waals surface area contributed by atoms with E-state index in [-0.39, 0.29) is 16.8 Å². The molecule has 1 amide bonds. The highest BCUT2D eigenvalue weighted by molar-refractivity contribution is 7.89. The quantitative estimate of drug-likeness (QED) is 0.840. The maximum absolute atomic E-state index is 12.7. The molecule has 1 atom stereocenters. The Balaban J connectivity index is 1.82. The molecule has 1 unspecified atom stereocenters. The lowest BCUT2D eigenvalue weighted by Gasteiger charge is -2.16. The van der Waals surface area contributed by atoms with Gasteiger partial charge < -0.3 is 5.32 Å². The third-order valence-corrected chi connectivity index (χ3v) is 6.61. The van der Waals surface area contributed by atoms with Crippen LogP contribution in [0.15, 0.2) is 41.4 Å². The van der Waals surface area contributed by atoms with Crippen molar-refractivity contribution in [3.63, 3.8) is 0 Å². The number of nitrogens with zero attached hydrogens (tertiary/aromatic N) is 3. The molecular weight excluding hydrogens is 352 g/mol. The Labute approximate surface area is 154 Å². The summed E-state index contributed by atoms with van der Waals surface area (Å²) in [5.74, 6) is 0.241. The molecule has 26 heavy (non-hydrogen) atoms. The highest BCUT2D eigenvalue weighted by Crippen LogP contribution is 2.22. The number of benzene rings is 1. The summed E-state index contributed by atoms with van der Waals surface area (Å²) in [6.07, 6.45) is 4.27. The molecule has 1 fully saturated rings. The van der Waals surface area contributed by atoms with E-state index in [9.17, 15) is 13.2 Å². The van der Waals surface area contributed by atoms with Crippen molar-refractivity contribution in [3.05, 3.63) is 42.1 Å². The topological polar surface area (TPSA) is 84.3 Å². The van der Waals surface area contributed by atoms with Crippen LogP contribution in [0.2, 0.25) is 0 Å². The highest BCUT2D eigenvalue weighted by atomic mass is 32.2. The van der Waals surface area contributed by atoms with E-state index < -0.39 is 10.0 Å².